The number of rotatable bonds is 0. The van der Waals surface area contributed by atoms with Crippen LogP contribution in [0.1, 0.15) is 16.8 Å². The number of nitriles is 1. The molecule has 1 N–H and O–H groups in total. The third-order valence-electron chi connectivity index (χ3n) is 1.84. The SMILES string of the molecule is [C-]#[N+]c1c(C)[nH]c(=O)c(C#N)c1C. The Morgan fingerprint density at radius 1 is 1.54 bits per heavy atom. The van der Waals surface area contributed by atoms with Crippen LogP contribution in [-0.4, -0.2) is 4.98 Å². The van der Waals surface area contributed by atoms with E-state index in [-0.39, 0.29) is 5.56 Å². The van der Waals surface area contributed by atoms with E-state index < -0.39 is 5.56 Å². The molecule has 0 saturated heterocycles. The molecule has 0 spiro atoms. The van der Waals surface area contributed by atoms with E-state index in [1.807, 2.05) is 0 Å². The van der Waals surface area contributed by atoms with Crippen molar-refractivity contribution in [3.63, 3.8) is 0 Å². The Kier molecular flexibility index (Phi) is 2.17. The minimum atomic E-state index is -0.426. The monoisotopic (exact) mass is 173 g/mol. The maximum absolute atomic E-state index is 11.2. The van der Waals surface area contributed by atoms with Gasteiger partial charge in [0.05, 0.1) is 6.57 Å². The van der Waals surface area contributed by atoms with E-state index in [4.69, 9.17) is 11.8 Å². The average molecular weight is 173 g/mol. The van der Waals surface area contributed by atoms with Crippen LogP contribution in [0.3, 0.4) is 0 Å². The van der Waals surface area contributed by atoms with Gasteiger partial charge in [0, 0.05) is 5.69 Å². The molecule has 0 amide bonds. The lowest BCUT2D eigenvalue weighted by atomic mass is 10.1. The van der Waals surface area contributed by atoms with Crippen LogP contribution in [-0.2, 0) is 0 Å². The van der Waals surface area contributed by atoms with Gasteiger partial charge in [-0.3, -0.25) is 4.79 Å². The van der Waals surface area contributed by atoms with Gasteiger partial charge in [0.1, 0.15) is 11.6 Å². The summed E-state index contributed by atoms with van der Waals surface area (Å²) in [6.45, 7) is 10.1. The topological polar surface area (TPSA) is 61.0 Å². The summed E-state index contributed by atoms with van der Waals surface area (Å²) in [4.78, 5) is 16.9. The zero-order chi connectivity index (χ0) is 10.0. The quantitative estimate of drug-likeness (QED) is 0.603. The second-order valence-electron chi connectivity index (χ2n) is 2.65. The van der Waals surface area contributed by atoms with Gasteiger partial charge >= 0.3 is 0 Å². The van der Waals surface area contributed by atoms with Crippen LogP contribution < -0.4 is 5.56 Å². The lowest BCUT2D eigenvalue weighted by Crippen LogP contribution is -2.13. The molecule has 64 valence electrons. The number of aryl methyl sites for hydroxylation is 1. The molecule has 0 bridgehead atoms. The van der Waals surface area contributed by atoms with Crippen molar-refractivity contribution in [3.8, 4) is 6.07 Å². The Balaban J connectivity index is 3.74. The number of aromatic nitrogens is 1. The molecule has 0 fully saturated rings. The molecule has 13 heavy (non-hydrogen) atoms. The Morgan fingerprint density at radius 2 is 2.15 bits per heavy atom. The second-order valence-corrected chi connectivity index (χ2v) is 2.65. The number of hydrogen-bond acceptors (Lipinski definition) is 2. The van der Waals surface area contributed by atoms with Gasteiger partial charge in [-0.25, -0.2) is 4.85 Å². The first-order valence-electron chi connectivity index (χ1n) is 3.62. The number of nitrogens with one attached hydrogen (secondary N) is 1. The van der Waals surface area contributed by atoms with Gasteiger partial charge in [-0.2, -0.15) is 5.26 Å². The van der Waals surface area contributed by atoms with E-state index in [1.54, 1.807) is 19.9 Å². The number of H-pyrrole nitrogens is 1. The predicted molar refractivity (Wildman–Crippen MR) is 47.5 cm³/mol. The highest BCUT2D eigenvalue weighted by molar-refractivity contribution is 5.59. The summed E-state index contributed by atoms with van der Waals surface area (Å²) in [5.74, 6) is 0. The van der Waals surface area contributed by atoms with Crippen LogP contribution >= 0.6 is 0 Å². The highest BCUT2D eigenvalue weighted by atomic mass is 16.1. The van der Waals surface area contributed by atoms with E-state index >= 15 is 0 Å². The third-order valence-corrected chi connectivity index (χ3v) is 1.84. The molecule has 1 rings (SSSR count). The van der Waals surface area contributed by atoms with Crippen LogP contribution in [0.4, 0.5) is 5.69 Å². The smallest absolute Gasteiger partial charge is 0.263 e. The molecular weight excluding hydrogens is 166 g/mol. The maximum Gasteiger partial charge on any atom is 0.263 e. The summed E-state index contributed by atoms with van der Waals surface area (Å²) in [6.07, 6.45) is 0. The Morgan fingerprint density at radius 3 is 2.62 bits per heavy atom. The van der Waals surface area contributed by atoms with Gasteiger partial charge in [-0.1, -0.05) is 0 Å². The van der Waals surface area contributed by atoms with Crippen molar-refractivity contribution in [2.45, 2.75) is 13.8 Å². The molecule has 0 aliphatic heterocycles. The zero-order valence-electron chi connectivity index (χ0n) is 7.30. The summed E-state index contributed by atoms with van der Waals surface area (Å²) in [7, 11) is 0. The largest absolute Gasteiger partial charge is 0.335 e. The molecule has 4 heteroatoms. The predicted octanol–water partition coefficient (Wildman–Crippen LogP) is 1.41. The molecule has 0 aromatic carbocycles. The van der Waals surface area contributed by atoms with Crippen molar-refractivity contribution >= 4 is 5.69 Å². The Bertz CT molecular complexity index is 485. The highest BCUT2D eigenvalue weighted by Crippen LogP contribution is 2.21. The Labute approximate surface area is 75.3 Å². The van der Waals surface area contributed by atoms with Crippen LogP contribution in [0.25, 0.3) is 4.85 Å². The summed E-state index contributed by atoms with van der Waals surface area (Å²) in [6, 6.07) is 1.78. The van der Waals surface area contributed by atoms with Crippen LogP contribution in [0, 0.1) is 31.8 Å². The summed E-state index contributed by atoms with van der Waals surface area (Å²) in [5.41, 5.74) is 0.924. The highest BCUT2D eigenvalue weighted by Gasteiger charge is 2.10. The third kappa shape index (κ3) is 1.30. The number of aromatic amines is 1. The average Bonchev–Trinajstić information content (AvgIpc) is 2.04. The van der Waals surface area contributed by atoms with E-state index in [9.17, 15) is 4.79 Å². The molecule has 1 heterocycles. The zero-order valence-corrected chi connectivity index (χ0v) is 7.30. The van der Waals surface area contributed by atoms with Crippen molar-refractivity contribution in [3.05, 3.63) is 38.6 Å². The first-order chi connectivity index (χ1) is 6.11. The van der Waals surface area contributed by atoms with Crippen molar-refractivity contribution in [2.75, 3.05) is 0 Å². The van der Waals surface area contributed by atoms with Gasteiger partial charge in [0.15, 0.2) is 0 Å². The number of pyridine rings is 1. The van der Waals surface area contributed by atoms with Crippen molar-refractivity contribution < 1.29 is 0 Å². The summed E-state index contributed by atoms with van der Waals surface area (Å²) in [5, 5.41) is 8.64. The Hall–Kier alpha value is -2.07. The summed E-state index contributed by atoms with van der Waals surface area (Å²) < 4.78 is 0. The molecule has 1 aromatic heterocycles. The molecule has 0 unspecified atom stereocenters. The lowest BCUT2D eigenvalue weighted by Gasteiger charge is -2.02. The molecule has 0 atom stereocenters. The molecule has 0 aliphatic carbocycles. The van der Waals surface area contributed by atoms with Gasteiger partial charge in [-0.05, 0) is 19.4 Å². The second kappa shape index (κ2) is 3.12. The normalized spacial score (nSPS) is 8.92. The first kappa shape index (κ1) is 9.02. The van der Waals surface area contributed by atoms with Crippen LogP contribution in [0.5, 0.6) is 0 Å². The molecular formula is C9H7N3O. The lowest BCUT2D eigenvalue weighted by molar-refractivity contribution is 1.12. The molecule has 4 nitrogen and oxygen atoms in total. The molecule has 1 aromatic rings. The van der Waals surface area contributed by atoms with E-state index in [2.05, 4.69) is 9.83 Å². The number of nitrogens with zero attached hydrogens (tertiary/aromatic N) is 2. The van der Waals surface area contributed by atoms with Crippen LogP contribution in [0.2, 0.25) is 0 Å². The van der Waals surface area contributed by atoms with Crippen molar-refractivity contribution in [1.82, 2.24) is 4.98 Å². The van der Waals surface area contributed by atoms with Gasteiger partial charge in [-0.15, -0.1) is 0 Å². The fraction of sp³-hybridized carbons (Fsp3) is 0.222. The van der Waals surface area contributed by atoms with Gasteiger partial charge in [0.25, 0.3) is 5.56 Å². The van der Waals surface area contributed by atoms with Crippen LogP contribution in [0.15, 0.2) is 4.79 Å². The van der Waals surface area contributed by atoms with E-state index in [1.165, 1.54) is 0 Å². The van der Waals surface area contributed by atoms with Gasteiger partial charge in [0.2, 0.25) is 5.69 Å². The van der Waals surface area contributed by atoms with E-state index in [0.29, 0.717) is 16.9 Å². The fourth-order valence-corrected chi connectivity index (χ4v) is 1.16. The summed E-state index contributed by atoms with van der Waals surface area (Å²) >= 11 is 0. The fourth-order valence-electron chi connectivity index (χ4n) is 1.16. The number of hydrogen-bond donors (Lipinski definition) is 1. The standard InChI is InChI=1S/C9H7N3O/c1-5-7(4-10)9(13)12-6(2)8(5)11-3/h1-2H3,(H,12,13). The van der Waals surface area contributed by atoms with Crippen molar-refractivity contribution in [1.29, 1.82) is 5.26 Å². The minimum absolute atomic E-state index is 0.0246. The van der Waals surface area contributed by atoms with E-state index in [0.717, 1.165) is 0 Å². The molecule has 0 aliphatic rings. The van der Waals surface area contributed by atoms with Gasteiger partial charge < -0.3 is 4.98 Å². The molecule has 0 radical (unpaired) electrons. The minimum Gasteiger partial charge on any atom is -0.335 e. The first-order valence-corrected chi connectivity index (χ1v) is 3.62. The maximum atomic E-state index is 11.2. The molecule has 0 saturated carbocycles. The van der Waals surface area contributed by atoms with Crippen molar-refractivity contribution in [2.24, 2.45) is 0 Å².